The summed E-state index contributed by atoms with van der Waals surface area (Å²) in [6.07, 6.45) is -4.10. The molecule has 0 aliphatic carbocycles. The lowest BCUT2D eigenvalue weighted by Crippen LogP contribution is -2.46. The Balaban J connectivity index is 4.58. The zero-order chi connectivity index (χ0) is 15.2. The first-order chi connectivity index (χ1) is 8.51. The normalized spacial score (nSPS) is 14.5. The van der Waals surface area contributed by atoms with Crippen LogP contribution in [-0.4, -0.2) is 72.5 Å². The summed E-state index contributed by atoms with van der Waals surface area (Å²) in [6.45, 7) is 0.194. The lowest BCUT2D eigenvalue weighted by Gasteiger charge is -2.29. The van der Waals surface area contributed by atoms with E-state index < -0.39 is 43.0 Å². The molecule has 2 N–H and O–H groups in total. The summed E-state index contributed by atoms with van der Waals surface area (Å²) in [5, 5.41) is 28.2. The SMILES string of the molecule is C[N+](C)(C)CC(CC(=O)[O-])OC(=O)C(O)CC(=O)O. The van der Waals surface area contributed by atoms with Crippen LogP contribution in [0.2, 0.25) is 0 Å². The van der Waals surface area contributed by atoms with Crippen LogP contribution in [0.1, 0.15) is 12.8 Å². The zero-order valence-electron chi connectivity index (χ0n) is 11.2. The Labute approximate surface area is 110 Å². The Morgan fingerprint density at radius 2 is 1.74 bits per heavy atom. The highest BCUT2D eigenvalue weighted by Gasteiger charge is 2.27. The Morgan fingerprint density at radius 1 is 1.21 bits per heavy atom. The van der Waals surface area contributed by atoms with Crippen molar-refractivity contribution in [2.75, 3.05) is 27.7 Å². The molecule has 0 bridgehead atoms. The van der Waals surface area contributed by atoms with Gasteiger partial charge in [0, 0.05) is 12.4 Å². The number of aliphatic hydroxyl groups excluding tert-OH is 1. The summed E-state index contributed by atoms with van der Waals surface area (Å²) in [4.78, 5) is 32.3. The van der Waals surface area contributed by atoms with Gasteiger partial charge in [0.05, 0.1) is 27.6 Å². The van der Waals surface area contributed by atoms with Crippen LogP contribution in [0.5, 0.6) is 0 Å². The number of hydrogen-bond donors (Lipinski definition) is 2. The second kappa shape index (κ2) is 7.05. The minimum absolute atomic E-state index is 0.194. The number of likely N-dealkylation sites (N-methyl/N-ethyl adjacent to an activating group) is 1. The van der Waals surface area contributed by atoms with E-state index in [1.165, 1.54) is 0 Å². The highest BCUT2D eigenvalue weighted by atomic mass is 16.6. The number of quaternary nitrogens is 1. The fourth-order valence-corrected chi connectivity index (χ4v) is 1.43. The van der Waals surface area contributed by atoms with E-state index in [1.54, 1.807) is 21.1 Å². The van der Waals surface area contributed by atoms with Crippen LogP contribution >= 0.6 is 0 Å². The molecule has 0 aromatic heterocycles. The van der Waals surface area contributed by atoms with Crippen LogP contribution in [0.25, 0.3) is 0 Å². The summed E-state index contributed by atoms with van der Waals surface area (Å²) >= 11 is 0. The fourth-order valence-electron chi connectivity index (χ4n) is 1.43. The van der Waals surface area contributed by atoms with Gasteiger partial charge in [0.1, 0.15) is 6.54 Å². The molecule has 0 saturated carbocycles. The van der Waals surface area contributed by atoms with E-state index in [0.29, 0.717) is 4.48 Å². The van der Waals surface area contributed by atoms with E-state index in [9.17, 15) is 24.6 Å². The van der Waals surface area contributed by atoms with Crippen LogP contribution in [0.3, 0.4) is 0 Å². The second-order valence-corrected chi connectivity index (χ2v) is 5.22. The zero-order valence-corrected chi connectivity index (χ0v) is 11.2. The lowest BCUT2D eigenvalue weighted by molar-refractivity contribution is -0.873. The largest absolute Gasteiger partial charge is 0.550 e. The van der Waals surface area contributed by atoms with Crippen molar-refractivity contribution in [3.8, 4) is 0 Å². The number of carbonyl (C=O) groups is 3. The van der Waals surface area contributed by atoms with Crippen LogP contribution < -0.4 is 5.11 Å². The quantitative estimate of drug-likeness (QED) is 0.373. The summed E-state index contributed by atoms with van der Waals surface area (Å²) in [5.74, 6) is -3.89. The van der Waals surface area contributed by atoms with Crippen molar-refractivity contribution in [1.82, 2.24) is 0 Å². The average molecular weight is 277 g/mol. The molecule has 0 aliphatic heterocycles. The van der Waals surface area contributed by atoms with Crippen LogP contribution in [0, 0.1) is 0 Å². The van der Waals surface area contributed by atoms with Crippen molar-refractivity contribution in [3.63, 3.8) is 0 Å². The molecule has 2 atom stereocenters. The van der Waals surface area contributed by atoms with Gasteiger partial charge in [0.15, 0.2) is 12.2 Å². The van der Waals surface area contributed by atoms with Gasteiger partial charge >= 0.3 is 11.9 Å². The van der Waals surface area contributed by atoms with Gasteiger partial charge in [0.2, 0.25) is 0 Å². The number of esters is 1. The van der Waals surface area contributed by atoms with E-state index in [4.69, 9.17) is 9.84 Å². The van der Waals surface area contributed by atoms with E-state index in [1.807, 2.05) is 0 Å². The highest BCUT2D eigenvalue weighted by molar-refractivity contribution is 5.81. The maximum absolute atomic E-state index is 11.4. The summed E-state index contributed by atoms with van der Waals surface area (Å²) < 4.78 is 5.14. The standard InChI is InChI=1S/C11H19NO7/c1-12(2,3)6-7(4-9(14)15)19-11(18)8(13)5-10(16)17/h7-8,13H,4-6H2,1-3H3,(H-,14,15,16,17). The van der Waals surface area contributed by atoms with Gasteiger partial charge in [-0.25, -0.2) is 4.79 Å². The third-order valence-electron chi connectivity index (χ3n) is 2.07. The van der Waals surface area contributed by atoms with Crippen molar-refractivity contribution in [2.24, 2.45) is 0 Å². The molecule has 0 aromatic carbocycles. The first kappa shape index (κ1) is 17.3. The molecule has 8 nitrogen and oxygen atoms in total. The number of aliphatic hydroxyl groups is 1. The van der Waals surface area contributed by atoms with Crippen molar-refractivity contribution < 1.29 is 38.9 Å². The number of ether oxygens (including phenoxy) is 1. The third kappa shape index (κ3) is 8.97. The lowest BCUT2D eigenvalue weighted by atomic mass is 10.2. The fraction of sp³-hybridized carbons (Fsp3) is 0.727. The molecule has 0 amide bonds. The average Bonchev–Trinajstić information content (AvgIpc) is 2.11. The Hall–Kier alpha value is -1.67. The van der Waals surface area contributed by atoms with Crippen LogP contribution in [0.15, 0.2) is 0 Å². The maximum atomic E-state index is 11.4. The molecule has 2 unspecified atom stereocenters. The molecule has 0 aliphatic rings. The van der Waals surface area contributed by atoms with Gasteiger partial charge in [0.25, 0.3) is 0 Å². The number of carboxylic acid groups (broad SMARTS) is 2. The molecular weight excluding hydrogens is 258 g/mol. The minimum atomic E-state index is -1.81. The van der Waals surface area contributed by atoms with Crippen molar-refractivity contribution in [2.45, 2.75) is 25.0 Å². The topological polar surface area (TPSA) is 124 Å². The molecule has 0 fully saturated rings. The number of carboxylic acids is 2. The number of hydrogen-bond acceptors (Lipinski definition) is 6. The maximum Gasteiger partial charge on any atom is 0.336 e. The van der Waals surface area contributed by atoms with Gasteiger partial charge in [-0.15, -0.1) is 0 Å². The second-order valence-electron chi connectivity index (χ2n) is 5.22. The summed E-state index contributed by atoms with van der Waals surface area (Å²) in [7, 11) is 5.30. The summed E-state index contributed by atoms with van der Waals surface area (Å²) in [5.41, 5.74) is 0. The molecule has 0 radical (unpaired) electrons. The Kier molecular flexibility index (Phi) is 6.43. The molecule has 110 valence electrons. The molecule has 19 heavy (non-hydrogen) atoms. The van der Waals surface area contributed by atoms with Gasteiger partial charge < -0.3 is 29.3 Å². The van der Waals surface area contributed by atoms with E-state index in [2.05, 4.69) is 0 Å². The predicted octanol–water partition coefficient (Wildman–Crippen LogP) is -2.42. The number of nitrogens with zero attached hydrogens (tertiary/aromatic N) is 1. The van der Waals surface area contributed by atoms with Crippen LogP contribution in [0.4, 0.5) is 0 Å². The smallest absolute Gasteiger partial charge is 0.336 e. The molecule has 0 spiro atoms. The number of aliphatic carboxylic acids is 2. The first-order valence-corrected chi connectivity index (χ1v) is 5.62. The van der Waals surface area contributed by atoms with Gasteiger partial charge in [-0.2, -0.15) is 0 Å². The molecule has 0 heterocycles. The summed E-state index contributed by atoms with van der Waals surface area (Å²) in [6, 6.07) is 0. The van der Waals surface area contributed by atoms with Gasteiger partial charge in [-0.1, -0.05) is 0 Å². The minimum Gasteiger partial charge on any atom is -0.550 e. The highest BCUT2D eigenvalue weighted by Crippen LogP contribution is 2.07. The van der Waals surface area contributed by atoms with Gasteiger partial charge in [-0.05, 0) is 0 Å². The molecule has 0 aromatic rings. The van der Waals surface area contributed by atoms with Crippen molar-refractivity contribution >= 4 is 17.9 Å². The van der Waals surface area contributed by atoms with Crippen molar-refractivity contribution in [3.05, 3.63) is 0 Å². The van der Waals surface area contributed by atoms with E-state index in [-0.39, 0.29) is 6.54 Å². The number of rotatable bonds is 8. The van der Waals surface area contributed by atoms with Crippen molar-refractivity contribution in [1.29, 1.82) is 0 Å². The van der Waals surface area contributed by atoms with E-state index in [0.717, 1.165) is 0 Å². The predicted molar refractivity (Wildman–Crippen MR) is 60.7 cm³/mol. The van der Waals surface area contributed by atoms with Gasteiger partial charge in [-0.3, -0.25) is 4.79 Å². The van der Waals surface area contributed by atoms with Crippen LogP contribution in [-0.2, 0) is 19.1 Å². The Bertz CT molecular complexity index is 347. The molecule has 0 saturated heterocycles. The Morgan fingerprint density at radius 3 is 2.11 bits per heavy atom. The number of carbonyl (C=O) groups excluding carboxylic acids is 2. The monoisotopic (exact) mass is 277 g/mol. The third-order valence-corrected chi connectivity index (χ3v) is 2.07. The first-order valence-electron chi connectivity index (χ1n) is 5.62. The molecular formula is C11H19NO7. The molecule has 0 rings (SSSR count). The van der Waals surface area contributed by atoms with E-state index >= 15 is 0 Å². The molecule has 8 heteroatoms.